The highest BCUT2D eigenvalue weighted by atomic mass is 16.6. The van der Waals surface area contributed by atoms with Crippen LogP contribution >= 0.6 is 0 Å². The number of rotatable bonds is 7. The van der Waals surface area contributed by atoms with Crippen molar-refractivity contribution in [3.05, 3.63) is 58.5 Å². The van der Waals surface area contributed by atoms with Gasteiger partial charge in [0.2, 0.25) is 5.91 Å². The van der Waals surface area contributed by atoms with E-state index in [1.807, 2.05) is 4.90 Å². The third-order valence-electron chi connectivity index (χ3n) is 4.65. The molecule has 0 saturated carbocycles. The van der Waals surface area contributed by atoms with E-state index in [0.29, 0.717) is 51.3 Å². The lowest BCUT2D eigenvalue weighted by molar-refractivity contribution is -0.384. The summed E-state index contributed by atoms with van der Waals surface area (Å²) in [5, 5.41) is 13.9. The predicted molar refractivity (Wildman–Crippen MR) is 102 cm³/mol. The van der Waals surface area contributed by atoms with Gasteiger partial charge in [-0.1, -0.05) is 12.1 Å². The summed E-state index contributed by atoms with van der Waals surface area (Å²) < 4.78 is 5.00. The fraction of sp³-hybridized carbons (Fsp3) is 0.368. The van der Waals surface area contributed by atoms with Gasteiger partial charge in [0.05, 0.1) is 11.2 Å². The van der Waals surface area contributed by atoms with E-state index in [9.17, 15) is 19.7 Å². The number of carbonyl (C=O) groups excluding carboxylic acids is 2. The zero-order chi connectivity index (χ0) is 19.9. The Balaban J connectivity index is 1.42. The van der Waals surface area contributed by atoms with Crippen LogP contribution in [-0.2, 0) is 4.79 Å². The number of nitrogens with zero attached hydrogens (tertiary/aromatic N) is 3. The Morgan fingerprint density at radius 1 is 1.11 bits per heavy atom. The first-order valence-electron chi connectivity index (χ1n) is 9.14. The van der Waals surface area contributed by atoms with Crippen LogP contribution in [0.2, 0.25) is 0 Å². The number of carbonyl (C=O) groups is 2. The molecule has 2 heterocycles. The molecule has 0 atom stereocenters. The Labute approximate surface area is 162 Å². The van der Waals surface area contributed by atoms with Crippen molar-refractivity contribution in [1.29, 1.82) is 0 Å². The second-order valence-electron chi connectivity index (χ2n) is 6.45. The largest absolute Gasteiger partial charge is 0.459 e. The van der Waals surface area contributed by atoms with E-state index in [1.54, 1.807) is 35.2 Å². The van der Waals surface area contributed by atoms with Gasteiger partial charge in [0.15, 0.2) is 5.76 Å². The van der Waals surface area contributed by atoms with Crippen molar-refractivity contribution in [2.45, 2.75) is 12.8 Å². The van der Waals surface area contributed by atoms with E-state index >= 15 is 0 Å². The molecule has 0 bridgehead atoms. The fourth-order valence-corrected chi connectivity index (χ4v) is 3.18. The summed E-state index contributed by atoms with van der Waals surface area (Å²) in [5.74, 6) is -0.0255. The molecule has 3 rings (SSSR count). The van der Waals surface area contributed by atoms with E-state index in [-0.39, 0.29) is 28.2 Å². The van der Waals surface area contributed by atoms with Crippen LogP contribution in [0.25, 0.3) is 0 Å². The second-order valence-corrected chi connectivity index (χ2v) is 6.45. The smallest absolute Gasteiger partial charge is 0.292 e. The average molecular weight is 386 g/mol. The van der Waals surface area contributed by atoms with Gasteiger partial charge in [-0.05, 0) is 24.6 Å². The van der Waals surface area contributed by atoms with E-state index in [1.165, 1.54) is 12.3 Å². The molecule has 0 radical (unpaired) electrons. The standard InChI is InChI=1S/C19H22N4O5/c24-18(8-3-9-20-19(25)17-7-4-14-28-17)22-12-10-21(11-13-22)15-5-1-2-6-16(15)23(26)27/h1-2,4-7,14H,3,8-13H2,(H,20,25). The van der Waals surface area contributed by atoms with Gasteiger partial charge in [0.25, 0.3) is 11.6 Å². The maximum atomic E-state index is 12.4. The number of furan rings is 1. The minimum atomic E-state index is -0.385. The van der Waals surface area contributed by atoms with E-state index < -0.39 is 0 Å². The highest BCUT2D eigenvalue weighted by Gasteiger charge is 2.25. The predicted octanol–water partition coefficient (Wildman–Crippen LogP) is 2.05. The third kappa shape index (κ3) is 4.67. The Bertz CT molecular complexity index is 829. The van der Waals surface area contributed by atoms with Gasteiger partial charge in [-0.2, -0.15) is 0 Å². The number of benzene rings is 1. The number of nitrogens with one attached hydrogen (secondary N) is 1. The van der Waals surface area contributed by atoms with Crippen LogP contribution in [0.5, 0.6) is 0 Å². The van der Waals surface area contributed by atoms with Crippen LogP contribution in [0, 0.1) is 10.1 Å². The molecular formula is C19H22N4O5. The Morgan fingerprint density at radius 2 is 1.86 bits per heavy atom. The van der Waals surface area contributed by atoms with E-state index in [0.717, 1.165) is 0 Å². The minimum absolute atomic E-state index is 0.0226. The third-order valence-corrected chi connectivity index (χ3v) is 4.65. The monoisotopic (exact) mass is 386 g/mol. The van der Waals surface area contributed by atoms with Gasteiger partial charge in [0.1, 0.15) is 5.69 Å². The molecule has 28 heavy (non-hydrogen) atoms. The molecule has 1 aliphatic rings. The van der Waals surface area contributed by atoms with Crippen molar-refractivity contribution in [1.82, 2.24) is 10.2 Å². The number of amides is 2. The normalized spacial score (nSPS) is 14.0. The molecule has 148 valence electrons. The van der Waals surface area contributed by atoms with Crippen LogP contribution in [0.3, 0.4) is 0 Å². The van der Waals surface area contributed by atoms with Crippen molar-refractivity contribution < 1.29 is 18.9 Å². The first-order valence-corrected chi connectivity index (χ1v) is 9.14. The number of hydrogen-bond acceptors (Lipinski definition) is 6. The van der Waals surface area contributed by atoms with Gasteiger partial charge in [0, 0.05) is 45.2 Å². The van der Waals surface area contributed by atoms with Crippen molar-refractivity contribution in [3.63, 3.8) is 0 Å². The molecule has 1 aliphatic heterocycles. The lowest BCUT2D eigenvalue weighted by atomic mass is 10.2. The molecule has 2 aromatic rings. The van der Waals surface area contributed by atoms with Crippen LogP contribution in [0.1, 0.15) is 23.4 Å². The number of anilines is 1. The number of nitro benzene ring substituents is 1. The Morgan fingerprint density at radius 3 is 2.54 bits per heavy atom. The first kappa shape index (κ1) is 19.4. The van der Waals surface area contributed by atoms with Gasteiger partial charge < -0.3 is 19.5 Å². The molecule has 9 heteroatoms. The average Bonchev–Trinajstić information content (AvgIpc) is 3.26. The van der Waals surface area contributed by atoms with Crippen molar-refractivity contribution >= 4 is 23.2 Å². The zero-order valence-corrected chi connectivity index (χ0v) is 15.4. The van der Waals surface area contributed by atoms with Crippen LogP contribution in [-0.4, -0.2) is 54.4 Å². The summed E-state index contributed by atoms with van der Waals surface area (Å²) in [6, 6.07) is 9.86. The van der Waals surface area contributed by atoms with Crippen molar-refractivity contribution in [2.24, 2.45) is 0 Å². The van der Waals surface area contributed by atoms with Crippen molar-refractivity contribution in [3.8, 4) is 0 Å². The number of nitro groups is 1. The topological polar surface area (TPSA) is 109 Å². The maximum absolute atomic E-state index is 12.4. The molecule has 0 aliphatic carbocycles. The Kier molecular flexibility index (Phi) is 6.25. The molecule has 2 amide bonds. The summed E-state index contributed by atoms with van der Waals surface area (Å²) in [6.07, 6.45) is 2.31. The molecular weight excluding hydrogens is 364 g/mol. The van der Waals surface area contributed by atoms with Crippen LogP contribution in [0.4, 0.5) is 11.4 Å². The molecule has 1 aromatic carbocycles. The lowest BCUT2D eigenvalue weighted by Crippen LogP contribution is -2.49. The minimum Gasteiger partial charge on any atom is -0.459 e. The molecule has 1 N–H and O–H groups in total. The molecule has 1 fully saturated rings. The first-order chi connectivity index (χ1) is 13.6. The molecule has 9 nitrogen and oxygen atoms in total. The van der Waals surface area contributed by atoms with Crippen LogP contribution < -0.4 is 10.2 Å². The van der Waals surface area contributed by atoms with Gasteiger partial charge in [-0.25, -0.2) is 0 Å². The summed E-state index contributed by atoms with van der Waals surface area (Å²) in [5.41, 5.74) is 0.662. The highest BCUT2D eigenvalue weighted by molar-refractivity contribution is 5.91. The number of hydrogen-bond donors (Lipinski definition) is 1. The number of piperazine rings is 1. The maximum Gasteiger partial charge on any atom is 0.292 e. The second kappa shape index (κ2) is 9.03. The van der Waals surface area contributed by atoms with Gasteiger partial charge >= 0.3 is 0 Å². The summed E-state index contributed by atoms with van der Waals surface area (Å²) in [7, 11) is 0. The van der Waals surface area contributed by atoms with Crippen LogP contribution in [0.15, 0.2) is 47.1 Å². The zero-order valence-electron chi connectivity index (χ0n) is 15.4. The molecule has 0 spiro atoms. The van der Waals surface area contributed by atoms with E-state index in [4.69, 9.17) is 4.42 Å². The number of para-hydroxylation sites is 2. The van der Waals surface area contributed by atoms with Crippen molar-refractivity contribution in [2.75, 3.05) is 37.6 Å². The summed E-state index contributed by atoms with van der Waals surface area (Å²) in [4.78, 5) is 38.6. The summed E-state index contributed by atoms with van der Waals surface area (Å²) >= 11 is 0. The Hall–Kier alpha value is -3.36. The lowest BCUT2D eigenvalue weighted by Gasteiger charge is -2.35. The SMILES string of the molecule is O=C(NCCCC(=O)N1CCN(c2ccccc2[N+](=O)[O-])CC1)c1ccco1. The fourth-order valence-electron chi connectivity index (χ4n) is 3.18. The van der Waals surface area contributed by atoms with Gasteiger partial charge in [-0.15, -0.1) is 0 Å². The summed E-state index contributed by atoms with van der Waals surface area (Å²) in [6.45, 7) is 2.52. The molecule has 0 unspecified atom stereocenters. The quantitative estimate of drug-likeness (QED) is 0.443. The van der Waals surface area contributed by atoms with E-state index in [2.05, 4.69) is 5.32 Å². The molecule has 1 saturated heterocycles. The highest BCUT2D eigenvalue weighted by Crippen LogP contribution is 2.28. The van der Waals surface area contributed by atoms with Gasteiger partial charge in [-0.3, -0.25) is 19.7 Å². The molecule has 1 aromatic heterocycles.